The van der Waals surface area contributed by atoms with Gasteiger partial charge >= 0.3 is 5.97 Å². The summed E-state index contributed by atoms with van der Waals surface area (Å²) in [6.07, 6.45) is 2.07. The Labute approximate surface area is 179 Å². The molecule has 1 unspecified atom stereocenters. The van der Waals surface area contributed by atoms with E-state index in [4.69, 9.17) is 5.10 Å². The summed E-state index contributed by atoms with van der Waals surface area (Å²) < 4.78 is 3.93. The molecule has 8 nitrogen and oxygen atoms in total. The molecule has 3 heterocycles. The maximum atomic E-state index is 12.8. The average molecular weight is 468 g/mol. The number of hydrogen-bond donors (Lipinski definition) is 1. The number of rotatable bonds is 4. The number of benzene rings is 2. The molecule has 1 aliphatic heterocycles. The third-order valence-corrected chi connectivity index (χ3v) is 5.91. The Balaban J connectivity index is 1.87. The first kappa shape index (κ1) is 18.8. The quantitative estimate of drug-likeness (QED) is 0.495. The van der Waals surface area contributed by atoms with E-state index in [0.717, 1.165) is 30.4 Å². The van der Waals surface area contributed by atoms with Crippen LogP contribution in [0, 0.1) is 0 Å². The van der Waals surface area contributed by atoms with Crippen LogP contribution in [0.1, 0.15) is 24.4 Å². The molecular weight excluding hydrogens is 450 g/mol. The fourth-order valence-corrected chi connectivity index (χ4v) is 4.40. The number of halogens is 1. The van der Waals surface area contributed by atoms with Crippen LogP contribution in [0.25, 0.3) is 16.7 Å². The number of nitrogens with zero attached hydrogens (tertiary/aromatic N) is 5. The molecule has 2 aromatic heterocycles. The van der Waals surface area contributed by atoms with Crippen LogP contribution in [0.5, 0.6) is 0 Å². The van der Waals surface area contributed by atoms with Gasteiger partial charge in [0.15, 0.2) is 6.04 Å². The van der Waals surface area contributed by atoms with Crippen molar-refractivity contribution in [2.45, 2.75) is 18.9 Å². The lowest BCUT2D eigenvalue weighted by molar-refractivity contribution is -0.139. The van der Waals surface area contributed by atoms with Gasteiger partial charge < -0.3 is 10.0 Å². The number of fused-ring (bicyclic) bond motifs is 3. The average Bonchev–Trinajstić information content (AvgIpc) is 3.38. The van der Waals surface area contributed by atoms with Crippen molar-refractivity contribution < 1.29 is 9.90 Å². The van der Waals surface area contributed by atoms with Gasteiger partial charge in [0.2, 0.25) is 11.7 Å². The van der Waals surface area contributed by atoms with E-state index in [9.17, 15) is 14.7 Å². The lowest BCUT2D eigenvalue weighted by atomic mass is 10.1. The van der Waals surface area contributed by atoms with Gasteiger partial charge in [-0.1, -0.05) is 46.3 Å². The molecule has 0 spiro atoms. The monoisotopic (exact) mass is 467 g/mol. The zero-order chi connectivity index (χ0) is 20.8. The molecule has 152 valence electrons. The molecule has 1 fully saturated rings. The van der Waals surface area contributed by atoms with E-state index >= 15 is 0 Å². The highest BCUT2D eigenvalue weighted by atomic mass is 79.9. The second-order valence-electron chi connectivity index (χ2n) is 7.30. The van der Waals surface area contributed by atoms with Crippen molar-refractivity contribution in [3.8, 4) is 0 Å². The van der Waals surface area contributed by atoms with Crippen LogP contribution in [0.4, 0.5) is 5.95 Å². The number of hydrogen-bond acceptors (Lipinski definition) is 5. The Hall–Kier alpha value is -3.20. The Bertz CT molecular complexity index is 1330. The van der Waals surface area contributed by atoms with Crippen LogP contribution in [0.3, 0.4) is 0 Å². The Morgan fingerprint density at radius 3 is 2.53 bits per heavy atom. The summed E-state index contributed by atoms with van der Waals surface area (Å²) in [4.78, 5) is 31.5. The second kappa shape index (κ2) is 7.24. The van der Waals surface area contributed by atoms with Gasteiger partial charge in [-0.15, -0.1) is 5.10 Å². The number of carboxylic acid groups (broad SMARTS) is 1. The molecule has 30 heavy (non-hydrogen) atoms. The standard InChI is InChI=1S/C21H18BrN5O3/c22-14-8-9-16-15(12-14)18(28)23-20-26(16)21(25-10-4-5-11-25)24-27(20)17(19(29)30)13-6-2-1-3-7-13/h1-3,6-9,12,17H,4-5,10-11H2,(H,29,30). The third-order valence-electron chi connectivity index (χ3n) is 5.42. The van der Waals surface area contributed by atoms with Crippen LogP contribution in [0.2, 0.25) is 0 Å². The molecule has 2 aromatic carbocycles. The van der Waals surface area contributed by atoms with Crippen LogP contribution in [-0.2, 0) is 4.79 Å². The number of anilines is 1. The molecule has 0 saturated carbocycles. The van der Waals surface area contributed by atoms with Gasteiger partial charge in [-0.2, -0.15) is 4.98 Å². The van der Waals surface area contributed by atoms with Crippen LogP contribution >= 0.6 is 15.9 Å². The minimum Gasteiger partial charge on any atom is -0.479 e. The van der Waals surface area contributed by atoms with Crippen LogP contribution < -0.4 is 10.5 Å². The first-order valence-electron chi connectivity index (χ1n) is 9.68. The van der Waals surface area contributed by atoms with Crippen LogP contribution in [0.15, 0.2) is 57.8 Å². The van der Waals surface area contributed by atoms with Crippen molar-refractivity contribution in [2.75, 3.05) is 18.0 Å². The summed E-state index contributed by atoms with van der Waals surface area (Å²) in [6, 6.07) is 13.2. The molecule has 5 rings (SSSR count). The van der Waals surface area contributed by atoms with E-state index in [1.165, 1.54) is 4.68 Å². The first-order chi connectivity index (χ1) is 14.5. The van der Waals surface area contributed by atoms with E-state index in [2.05, 4.69) is 25.8 Å². The maximum absolute atomic E-state index is 12.8. The molecule has 0 radical (unpaired) electrons. The van der Waals surface area contributed by atoms with E-state index in [1.54, 1.807) is 34.7 Å². The summed E-state index contributed by atoms with van der Waals surface area (Å²) in [5, 5.41) is 15.2. The molecule has 1 atom stereocenters. The minimum absolute atomic E-state index is 0.216. The minimum atomic E-state index is -1.10. The van der Waals surface area contributed by atoms with E-state index in [0.29, 0.717) is 22.4 Å². The summed E-state index contributed by atoms with van der Waals surface area (Å²) in [5.74, 6) is -0.248. The number of aliphatic carboxylic acids is 1. The summed E-state index contributed by atoms with van der Waals surface area (Å²) >= 11 is 3.41. The molecule has 1 saturated heterocycles. The number of aromatic nitrogens is 4. The first-order valence-corrected chi connectivity index (χ1v) is 10.5. The number of carbonyl (C=O) groups is 1. The van der Waals surface area contributed by atoms with Crippen molar-refractivity contribution in [2.24, 2.45) is 0 Å². The Morgan fingerprint density at radius 1 is 1.10 bits per heavy atom. The van der Waals surface area contributed by atoms with E-state index in [-0.39, 0.29) is 5.78 Å². The zero-order valence-electron chi connectivity index (χ0n) is 15.9. The highest BCUT2D eigenvalue weighted by Crippen LogP contribution is 2.28. The predicted octanol–water partition coefficient (Wildman–Crippen LogP) is 3.08. The van der Waals surface area contributed by atoms with Crippen molar-refractivity contribution in [3.63, 3.8) is 0 Å². The fraction of sp³-hybridized carbons (Fsp3) is 0.238. The predicted molar refractivity (Wildman–Crippen MR) is 116 cm³/mol. The molecule has 1 aliphatic rings. The fourth-order valence-electron chi connectivity index (χ4n) is 4.04. The largest absolute Gasteiger partial charge is 0.479 e. The SMILES string of the molecule is O=C(O)C(c1ccccc1)n1nc(N2CCCC2)n2c3ccc(Br)cc3c(=O)nc12. The van der Waals surface area contributed by atoms with Crippen molar-refractivity contribution >= 4 is 44.5 Å². The lowest BCUT2D eigenvalue weighted by Gasteiger charge is -2.15. The lowest BCUT2D eigenvalue weighted by Crippen LogP contribution is -2.23. The van der Waals surface area contributed by atoms with E-state index in [1.807, 2.05) is 18.2 Å². The second-order valence-corrected chi connectivity index (χ2v) is 8.22. The van der Waals surface area contributed by atoms with Gasteiger partial charge in [0.25, 0.3) is 5.56 Å². The molecule has 9 heteroatoms. The number of carboxylic acids is 1. The summed E-state index contributed by atoms with van der Waals surface area (Å²) in [7, 11) is 0. The van der Waals surface area contributed by atoms with E-state index < -0.39 is 17.6 Å². The molecule has 0 aliphatic carbocycles. The summed E-state index contributed by atoms with van der Waals surface area (Å²) in [6.45, 7) is 1.64. The van der Waals surface area contributed by atoms with Crippen molar-refractivity contribution in [1.82, 2.24) is 19.2 Å². The Kier molecular flexibility index (Phi) is 4.54. The topological polar surface area (TPSA) is 92.7 Å². The normalized spacial score (nSPS) is 15.2. The molecule has 1 N–H and O–H groups in total. The molecular formula is C21H18BrN5O3. The summed E-state index contributed by atoms with van der Waals surface area (Å²) in [5.41, 5.74) is 0.796. The third kappa shape index (κ3) is 2.97. The van der Waals surface area contributed by atoms with Gasteiger partial charge in [-0.25, -0.2) is 13.9 Å². The van der Waals surface area contributed by atoms with Gasteiger partial charge in [0, 0.05) is 17.6 Å². The van der Waals surface area contributed by atoms with Gasteiger partial charge in [0.05, 0.1) is 10.9 Å². The zero-order valence-corrected chi connectivity index (χ0v) is 17.5. The van der Waals surface area contributed by atoms with Gasteiger partial charge in [-0.3, -0.25) is 4.79 Å². The van der Waals surface area contributed by atoms with Gasteiger partial charge in [0.1, 0.15) is 0 Å². The Morgan fingerprint density at radius 2 is 1.83 bits per heavy atom. The highest BCUT2D eigenvalue weighted by Gasteiger charge is 2.30. The van der Waals surface area contributed by atoms with Gasteiger partial charge in [-0.05, 0) is 36.6 Å². The van der Waals surface area contributed by atoms with Crippen molar-refractivity contribution in [3.05, 3.63) is 68.9 Å². The molecule has 0 bridgehead atoms. The highest BCUT2D eigenvalue weighted by molar-refractivity contribution is 9.10. The molecule has 4 aromatic rings. The van der Waals surface area contributed by atoms with Crippen molar-refractivity contribution in [1.29, 1.82) is 0 Å². The smallest absolute Gasteiger partial charge is 0.333 e. The van der Waals surface area contributed by atoms with Crippen LogP contribution in [-0.4, -0.2) is 43.3 Å². The maximum Gasteiger partial charge on any atom is 0.333 e. The molecule has 0 amide bonds.